The highest BCUT2D eigenvalue weighted by molar-refractivity contribution is 7.99. The van der Waals surface area contributed by atoms with Gasteiger partial charge in [-0.2, -0.15) is 0 Å². The first-order chi connectivity index (χ1) is 12.7. The van der Waals surface area contributed by atoms with Gasteiger partial charge in [0.1, 0.15) is 0 Å². The average molecular weight is 371 g/mol. The van der Waals surface area contributed by atoms with E-state index in [2.05, 4.69) is 39.1 Å². The van der Waals surface area contributed by atoms with Gasteiger partial charge in [0.05, 0.1) is 5.75 Å². The largest absolute Gasteiger partial charge is 0.339 e. The van der Waals surface area contributed by atoms with Crippen LogP contribution in [0.5, 0.6) is 0 Å². The average Bonchev–Trinajstić information content (AvgIpc) is 3.15. The first-order valence-corrected chi connectivity index (χ1v) is 10.6. The first-order valence-electron chi connectivity index (χ1n) is 9.62. The van der Waals surface area contributed by atoms with Crippen molar-refractivity contribution in [2.75, 3.05) is 12.3 Å². The van der Waals surface area contributed by atoms with Gasteiger partial charge in [0.25, 0.3) is 0 Å². The summed E-state index contributed by atoms with van der Waals surface area (Å²) in [5.74, 6) is 2.15. The lowest BCUT2D eigenvalue weighted by Gasteiger charge is -2.44. The van der Waals surface area contributed by atoms with Crippen LogP contribution in [0.3, 0.4) is 0 Å². The Bertz CT molecular complexity index is 755. The molecule has 5 nitrogen and oxygen atoms in total. The van der Waals surface area contributed by atoms with Crippen LogP contribution in [-0.2, 0) is 4.79 Å². The van der Waals surface area contributed by atoms with Crippen LogP contribution in [0.25, 0.3) is 11.4 Å². The minimum absolute atomic E-state index is 0.244. The number of nitrogens with zero attached hydrogens (tertiary/aromatic N) is 3. The summed E-state index contributed by atoms with van der Waals surface area (Å²) in [7, 11) is 0. The van der Waals surface area contributed by atoms with Crippen LogP contribution >= 0.6 is 11.8 Å². The highest BCUT2D eigenvalue weighted by Gasteiger charge is 2.35. The van der Waals surface area contributed by atoms with E-state index in [0.29, 0.717) is 17.0 Å². The molecule has 1 saturated heterocycles. The quantitative estimate of drug-likeness (QED) is 0.825. The fourth-order valence-corrected chi connectivity index (χ4v) is 4.98. The lowest BCUT2D eigenvalue weighted by molar-refractivity contribution is -0.134. The number of benzene rings is 1. The van der Waals surface area contributed by atoms with E-state index < -0.39 is 0 Å². The van der Waals surface area contributed by atoms with E-state index in [0.717, 1.165) is 30.3 Å². The molecule has 0 unspecified atom stereocenters. The molecule has 26 heavy (non-hydrogen) atoms. The summed E-state index contributed by atoms with van der Waals surface area (Å²) >= 11 is 1.44. The van der Waals surface area contributed by atoms with Crippen molar-refractivity contribution in [3.63, 3.8) is 0 Å². The molecule has 6 heteroatoms. The number of H-pyrrole nitrogens is 1. The molecular weight excluding hydrogens is 344 g/mol. The lowest BCUT2D eigenvalue weighted by Crippen LogP contribution is -2.50. The van der Waals surface area contributed by atoms with E-state index in [1.54, 1.807) is 0 Å². The van der Waals surface area contributed by atoms with Crippen LogP contribution in [-0.4, -0.2) is 44.3 Å². The molecule has 1 aromatic heterocycles. The molecular formula is C20H26N4OS. The number of piperidine rings is 1. The number of aromatic nitrogens is 3. The summed E-state index contributed by atoms with van der Waals surface area (Å²) in [4.78, 5) is 19.5. The van der Waals surface area contributed by atoms with Crippen molar-refractivity contribution in [2.24, 2.45) is 5.92 Å². The number of rotatable bonds is 4. The fraction of sp³-hybridized carbons (Fsp3) is 0.550. The van der Waals surface area contributed by atoms with Crippen molar-refractivity contribution < 1.29 is 4.79 Å². The summed E-state index contributed by atoms with van der Waals surface area (Å²) in [6.45, 7) is 2.98. The smallest absolute Gasteiger partial charge is 0.233 e. The van der Waals surface area contributed by atoms with Crippen molar-refractivity contribution in [3.8, 4) is 11.4 Å². The summed E-state index contributed by atoms with van der Waals surface area (Å²) < 4.78 is 0. The number of fused-ring (bicyclic) bond motifs is 1. The Morgan fingerprint density at radius 3 is 2.81 bits per heavy atom. The second-order valence-electron chi connectivity index (χ2n) is 7.46. The second-order valence-corrected chi connectivity index (χ2v) is 8.41. The summed E-state index contributed by atoms with van der Waals surface area (Å²) in [5.41, 5.74) is 2.23. The van der Waals surface area contributed by atoms with Crippen LogP contribution in [0.1, 0.15) is 44.1 Å². The summed E-state index contributed by atoms with van der Waals surface area (Å²) in [6, 6.07) is 8.66. The number of carbonyl (C=O) groups is 1. The predicted octanol–water partition coefficient (Wildman–Crippen LogP) is 4.05. The molecule has 1 aromatic carbocycles. The van der Waals surface area contributed by atoms with Crippen molar-refractivity contribution in [2.45, 2.75) is 56.6 Å². The topological polar surface area (TPSA) is 61.9 Å². The van der Waals surface area contributed by atoms with Gasteiger partial charge < -0.3 is 4.90 Å². The Balaban J connectivity index is 1.36. The van der Waals surface area contributed by atoms with Gasteiger partial charge >= 0.3 is 0 Å². The molecule has 1 aliphatic heterocycles. The van der Waals surface area contributed by atoms with Gasteiger partial charge in [0.15, 0.2) is 5.82 Å². The molecule has 2 heterocycles. The second kappa shape index (κ2) is 7.82. The maximum atomic E-state index is 12.8. The Kier molecular flexibility index (Phi) is 5.29. The molecule has 2 fully saturated rings. The van der Waals surface area contributed by atoms with E-state index in [4.69, 9.17) is 0 Å². The van der Waals surface area contributed by atoms with Crippen LogP contribution in [0.15, 0.2) is 29.4 Å². The van der Waals surface area contributed by atoms with Crippen LogP contribution in [0.2, 0.25) is 0 Å². The molecule has 0 bridgehead atoms. The zero-order chi connectivity index (χ0) is 17.9. The molecule has 1 aliphatic carbocycles. The normalized spacial score (nSPS) is 22.9. The van der Waals surface area contributed by atoms with Crippen molar-refractivity contribution >= 4 is 17.7 Å². The third kappa shape index (κ3) is 3.80. The van der Waals surface area contributed by atoms with E-state index >= 15 is 0 Å². The van der Waals surface area contributed by atoms with Crippen molar-refractivity contribution in [1.82, 2.24) is 20.1 Å². The van der Waals surface area contributed by atoms with Gasteiger partial charge in [0, 0.05) is 18.2 Å². The van der Waals surface area contributed by atoms with Crippen LogP contribution < -0.4 is 0 Å². The number of hydrogen-bond acceptors (Lipinski definition) is 4. The zero-order valence-electron chi connectivity index (χ0n) is 15.3. The van der Waals surface area contributed by atoms with E-state index in [1.165, 1.54) is 49.4 Å². The Morgan fingerprint density at radius 2 is 1.96 bits per heavy atom. The number of thioether (sulfide) groups is 1. The maximum Gasteiger partial charge on any atom is 0.233 e. The van der Waals surface area contributed by atoms with Gasteiger partial charge in [-0.15, -0.1) is 5.10 Å². The molecule has 2 aromatic rings. The Labute approximate surface area is 159 Å². The standard InChI is InChI=1S/C20H26N4OS/c1-14-8-10-16(11-9-14)19-21-20(23-22-19)26-13-18(25)24-12-4-6-15-5-2-3-7-17(15)24/h8-11,15,17H,2-7,12-13H2,1H3,(H,21,22,23)/t15-,17-/m0/s1. The molecule has 0 radical (unpaired) electrons. The number of nitrogens with one attached hydrogen (secondary N) is 1. The predicted molar refractivity (Wildman–Crippen MR) is 104 cm³/mol. The molecule has 138 valence electrons. The maximum absolute atomic E-state index is 12.8. The molecule has 2 aliphatic rings. The molecule has 0 spiro atoms. The SMILES string of the molecule is Cc1ccc(-c2nc(SCC(=O)N3CCC[C@@H]4CCCC[C@@H]43)n[nH]2)cc1. The van der Waals surface area contributed by atoms with Gasteiger partial charge in [-0.1, -0.05) is 54.4 Å². The molecule has 1 amide bonds. The number of aryl methyl sites for hydroxylation is 1. The zero-order valence-corrected chi connectivity index (χ0v) is 16.1. The third-order valence-electron chi connectivity index (χ3n) is 5.68. The minimum Gasteiger partial charge on any atom is -0.339 e. The van der Waals surface area contributed by atoms with E-state index in [-0.39, 0.29) is 5.91 Å². The van der Waals surface area contributed by atoms with Crippen molar-refractivity contribution in [1.29, 1.82) is 0 Å². The molecule has 1 N–H and O–H groups in total. The van der Waals surface area contributed by atoms with Gasteiger partial charge in [-0.05, 0) is 38.5 Å². The van der Waals surface area contributed by atoms with E-state index in [1.807, 2.05) is 12.1 Å². The number of aromatic amines is 1. The Hall–Kier alpha value is -1.82. The summed E-state index contributed by atoms with van der Waals surface area (Å²) in [6.07, 6.45) is 7.51. The van der Waals surface area contributed by atoms with Crippen LogP contribution in [0.4, 0.5) is 0 Å². The number of carbonyl (C=O) groups excluding carboxylic acids is 1. The highest BCUT2D eigenvalue weighted by atomic mass is 32.2. The van der Waals surface area contributed by atoms with Crippen LogP contribution in [0, 0.1) is 12.8 Å². The van der Waals surface area contributed by atoms with E-state index in [9.17, 15) is 4.79 Å². The fourth-order valence-electron chi connectivity index (χ4n) is 4.30. The number of likely N-dealkylation sites (tertiary alicyclic amines) is 1. The van der Waals surface area contributed by atoms with Gasteiger partial charge in [-0.25, -0.2) is 4.98 Å². The number of amides is 1. The Morgan fingerprint density at radius 1 is 1.19 bits per heavy atom. The summed E-state index contributed by atoms with van der Waals surface area (Å²) in [5, 5.41) is 7.90. The third-order valence-corrected chi connectivity index (χ3v) is 6.51. The number of hydrogen-bond donors (Lipinski definition) is 1. The van der Waals surface area contributed by atoms with Gasteiger partial charge in [-0.3, -0.25) is 9.89 Å². The highest BCUT2D eigenvalue weighted by Crippen LogP contribution is 2.35. The first kappa shape index (κ1) is 17.6. The van der Waals surface area contributed by atoms with Crippen molar-refractivity contribution in [3.05, 3.63) is 29.8 Å². The van der Waals surface area contributed by atoms with Gasteiger partial charge in [0.2, 0.25) is 11.1 Å². The lowest BCUT2D eigenvalue weighted by atomic mass is 9.78. The minimum atomic E-state index is 0.244. The monoisotopic (exact) mass is 370 g/mol. The molecule has 2 atom stereocenters. The molecule has 1 saturated carbocycles. The molecule has 4 rings (SSSR count).